The van der Waals surface area contributed by atoms with E-state index in [-0.39, 0.29) is 5.57 Å². The Bertz CT molecular complexity index is 311. The quantitative estimate of drug-likeness (QED) is 0.729. The Morgan fingerprint density at radius 3 is 2.40 bits per heavy atom. The lowest BCUT2D eigenvalue weighted by molar-refractivity contribution is -0.242. The van der Waals surface area contributed by atoms with Crippen LogP contribution in [0.15, 0.2) is 11.3 Å². The van der Waals surface area contributed by atoms with Crippen LogP contribution in [-0.4, -0.2) is 29.4 Å². The molecule has 0 saturated heterocycles. The molecule has 0 aliphatic carbocycles. The lowest BCUT2D eigenvalue weighted by Gasteiger charge is -2.24. The second kappa shape index (κ2) is 3.77. The Kier molecular flexibility index (Phi) is 2.99. The molecule has 6 heteroatoms. The van der Waals surface area contributed by atoms with Gasteiger partial charge in [-0.1, -0.05) is 0 Å². The largest absolute Gasteiger partial charge is 0.488 e. The van der Waals surface area contributed by atoms with E-state index in [4.69, 9.17) is 4.74 Å². The van der Waals surface area contributed by atoms with Gasteiger partial charge in [-0.2, -0.15) is 0 Å². The molecular formula is C9H12F2O4. The van der Waals surface area contributed by atoms with Crippen molar-refractivity contribution in [1.82, 2.24) is 0 Å². The molecule has 1 N–H and O–H groups in total. The SMILES string of the molecule is CC1=C(OC(C)C)C(O)(C(F)F)OC1=O. The minimum atomic E-state index is -3.24. The summed E-state index contributed by atoms with van der Waals surface area (Å²) in [6.07, 6.45) is -3.68. The predicted molar refractivity (Wildman–Crippen MR) is 46.0 cm³/mol. The van der Waals surface area contributed by atoms with Gasteiger partial charge >= 0.3 is 18.2 Å². The molecule has 15 heavy (non-hydrogen) atoms. The number of halogens is 2. The molecule has 0 saturated carbocycles. The first kappa shape index (κ1) is 11.9. The predicted octanol–water partition coefficient (Wildman–Crippen LogP) is 1.20. The molecule has 1 heterocycles. The van der Waals surface area contributed by atoms with E-state index >= 15 is 0 Å². The minimum Gasteiger partial charge on any atom is -0.488 e. The number of esters is 1. The second-order valence-corrected chi connectivity index (χ2v) is 3.51. The molecular weight excluding hydrogens is 210 g/mol. The summed E-state index contributed by atoms with van der Waals surface area (Å²) < 4.78 is 34.2. The maximum absolute atomic E-state index is 12.5. The molecule has 1 unspecified atom stereocenters. The molecule has 0 amide bonds. The van der Waals surface area contributed by atoms with Gasteiger partial charge in [0.25, 0.3) is 0 Å². The minimum absolute atomic E-state index is 0.133. The molecule has 1 rings (SSSR count). The van der Waals surface area contributed by atoms with Gasteiger partial charge in [-0.05, 0) is 20.8 Å². The van der Waals surface area contributed by atoms with Gasteiger partial charge in [0.15, 0.2) is 5.76 Å². The van der Waals surface area contributed by atoms with Gasteiger partial charge in [-0.15, -0.1) is 0 Å². The zero-order valence-electron chi connectivity index (χ0n) is 8.58. The monoisotopic (exact) mass is 222 g/mol. The summed E-state index contributed by atoms with van der Waals surface area (Å²) in [6.45, 7) is 4.45. The van der Waals surface area contributed by atoms with Crippen molar-refractivity contribution in [2.24, 2.45) is 0 Å². The first-order valence-corrected chi connectivity index (χ1v) is 4.41. The summed E-state index contributed by atoms with van der Waals surface area (Å²) in [5.41, 5.74) is -0.133. The zero-order valence-corrected chi connectivity index (χ0v) is 8.58. The molecule has 4 nitrogen and oxygen atoms in total. The summed E-state index contributed by atoms with van der Waals surface area (Å²) >= 11 is 0. The van der Waals surface area contributed by atoms with Crippen LogP contribution in [0.1, 0.15) is 20.8 Å². The first-order valence-electron chi connectivity index (χ1n) is 4.41. The molecule has 0 spiro atoms. The number of cyclic esters (lactones) is 1. The highest BCUT2D eigenvalue weighted by Gasteiger charge is 2.54. The fourth-order valence-corrected chi connectivity index (χ4v) is 1.18. The van der Waals surface area contributed by atoms with Crippen molar-refractivity contribution in [1.29, 1.82) is 0 Å². The maximum atomic E-state index is 12.5. The van der Waals surface area contributed by atoms with Gasteiger partial charge in [0.05, 0.1) is 11.7 Å². The molecule has 1 atom stereocenters. The number of alkyl halides is 2. The van der Waals surface area contributed by atoms with Crippen LogP contribution in [0.2, 0.25) is 0 Å². The van der Waals surface area contributed by atoms with E-state index in [1.54, 1.807) is 13.8 Å². The lowest BCUT2D eigenvalue weighted by atomic mass is 10.2. The highest BCUT2D eigenvalue weighted by Crippen LogP contribution is 2.36. The summed E-state index contributed by atoms with van der Waals surface area (Å²) in [6, 6.07) is 0. The van der Waals surface area contributed by atoms with Gasteiger partial charge in [-0.25, -0.2) is 13.6 Å². The Balaban J connectivity index is 3.08. The summed E-state index contributed by atoms with van der Waals surface area (Å²) in [5, 5.41) is 9.44. The lowest BCUT2D eigenvalue weighted by Crippen LogP contribution is -2.41. The van der Waals surface area contributed by atoms with Crippen molar-refractivity contribution in [2.75, 3.05) is 0 Å². The summed E-state index contributed by atoms with van der Waals surface area (Å²) in [4.78, 5) is 11.0. The second-order valence-electron chi connectivity index (χ2n) is 3.51. The van der Waals surface area contributed by atoms with Crippen LogP contribution >= 0.6 is 0 Å². The van der Waals surface area contributed by atoms with Gasteiger partial charge < -0.3 is 14.6 Å². The third-order valence-corrected chi connectivity index (χ3v) is 1.87. The van der Waals surface area contributed by atoms with E-state index in [2.05, 4.69) is 4.74 Å². The van der Waals surface area contributed by atoms with E-state index in [9.17, 15) is 18.7 Å². The molecule has 0 aromatic rings. The Morgan fingerprint density at radius 1 is 1.47 bits per heavy atom. The Hall–Kier alpha value is -1.17. The van der Waals surface area contributed by atoms with Crippen LogP contribution in [-0.2, 0) is 14.3 Å². The van der Waals surface area contributed by atoms with E-state index < -0.39 is 30.0 Å². The van der Waals surface area contributed by atoms with Crippen molar-refractivity contribution in [2.45, 2.75) is 39.1 Å². The number of ether oxygens (including phenoxy) is 2. The average Bonchev–Trinajstić information content (AvgIpc) is 2.30. The van der Waals surface area contributed by atoms with Crippen molar-refractivity contribution < 1.29 is 28.2 Å². The molecule has 0 aromatic carbocycles. The number of hydrogen-bond acceptors (Lipinski definition) is 4. The van der Waals surface area contributed by atoms with E-state index in [0.717, 1.165) is 0 Å². The smallest absolute Gasteiger partial charge is 0.340 e. The molecule has 0 fully saturated rings. The van der Waals surface area contributed by atoms with E-state index in [0.29, 0.717) is 0 Å². The molecule has 0 aromatic heterocycles. The number of hydrogen-bond donors (Lipinski definition) is 1. The maximum Gasteiger partial charge on any atom is 0.340 e. The fourth-order valence-electron chi connectivity index (χ4n) is 1.18. The van der Waals surface area contributed by atoms with Gasteiger partial charge in [0.2, 0.25) is 0 Å². The Labute approximate surface area is 85.5 Å². The van der Waals surface area contributed by atoms with Gasteiger partial charge in [0, 0.05) is 0 Å². The average molecular weight is 222 g/mol. The standard InChI is InChI=1S/C9H12F2O4/c1-4(2)14-6-5(3)7(12)15-9(6,13)8(10)11/h4,8,13H,1-3H3. The van der Waals surface area contributed by atoms with Crippen LogP contribution in [0.5, 0.6) is 0 Å². The van der Waals surface area contributed by atoms with Crippen LogP contribution < -0.4 is 0 Å². The molecule has 1 aliphatic heterocycles. The third-order valence-electron chi connectivity index (χ3n) is 1.87. The van der Waals surface area contributed by atoms with E-state index in [1.807, 2.05) is 0 Å². The molecule has 1 aliphatic rings. The number of carbonyl (C=O) groups excluding carboxylic acids is 1. The Morgan fingerprint density at radius 2 is 2.00 bits per heavy atom. The number of carbonyl (C=O) groups is 1. The molecule has 86 valence electrons. The van der Waals surface area contributed by atoms with E-state index in [1.165, 1.54) is 6.92 Å². The van der Waals surface area contributed by atoms with Crippen molar-refractivity contribution >= 4 is 5.97 Å². The summed E-state index contributed by atoms with van der Waals surface area (Å²) in [7, 11) is 0. The molecule has 0 bridgehead atoms. The number of aliphatic hydroxyl groups is 1. The molecule has 0 radical (unpaired) electrons. The van der Waals surface area contributed by atoms with Crippen LogP contribution in [0.4, 0.5) is 8.78 Å². The topological polar surface area (TPSA) is 55.8 Å². The van der Waals surface area contributed by atoms with Crippen LogP contribution in [0.3, 0.4) is 0 Å². The first-order chi connectivity index (χ1) is 6.79. The fraction of sp³-hybridized carbons (Fsp3) is 0.667. The third kappa shape index (κ3) is 1.94. The normalized spacial score (nSPS) is 26.5. The van der Waals surface area contributed by atoms with Crippen molar-refractivity contribution in [3.63, 3.8) is 0 Å². The highest BCUT2D eigenvalue weighted by atomic mass is 19.3. The van der Waals surface area contributed by atoms with Crippen molar-refractivity contribution in [3.8, 4) is 0 Å². The highest BCUT2D eigenvalue weighted by molar-refractivity contribution is 5.91. The number of rotatable bonds is 3. The summed E-state index contributed by atoms with van der Waals surface area (Å²) in [5.74, 6) is -4.43. The van der Waals surface area contributed by atoms with Crippen LogP contribution in [0, 0.1) is 0 Å². The zero-order chi connectivity index (χ0) is 11.8. The van der Waals surface area contributed by atoms with Crippen molar-refractivity contribution in [3.05, 3.63) is 11.3 Å². The van der Waals surface area contributed by atoms with Gasteiger partial charge in [0.1, 0.15) is 0 Å². The van der Waals surface area contributed by atoms with Crippen LogP contribution in [0.25, 0.3) is 0 Å². The van der Waals surface area contributed by atoms with Gasteiger partial charge in [-0.3, -0.25) is 0 Å².